The number of hydrogen-bond donors (Lipinski definition) is 0. The van der Waals surface area contributed by atoms with E-state index >= 15 is 0 Å². The first kappa shape index (κ1) is 16.7. The topological polar surface area (TPSA) is 26.3 Å². The average molecular weight is 354 g/mol. The molecular weight excluding hydrogens is 328 g/mol. The molecule has 1 aliphatic carbocycles. The van der Waals surface area contributed by atoms with Crippen molar-refractivity contribution < 1.29 is 9.53 Å². The molecule has 2 aromatic rings. The second-order valence-electron chi connectivity index (χ2n) is 7.10. The molecule has 3 heteroatoms. The molecule has 0 amide bonds. The van der Waals surface area contributed by atoms with Gasteiger partial charge < -0.3 is 4.74 Å². The van der Waals surface area contributed by atoms with Gasteiger partial charge in [-0.3, -0.25) is 4.79 Å². The highest BCUT2D eigenvalue weighted by molar-refractivity contribution is 7.98. The highest BCUT2D eigenvalue weighted by Crippen LogP contribution is 2.41. The van der Waals surface area contributed by atoms with Crippen molar-refractivity contribution in [2.45, 2.75) is 48.7 Å². The molecule has 1 heterocycles. The van der Waals surface area contributed by atoms with Gasteiger partial charge in [-0.1, -0.05) is 48.9 Å². The highest BCUT2D eigenvalue weighted by atomic mass is 32.2. The van der Waals surface area contributed by atoms with E-state index in [2.05, 4.69) is 18.4 Å². The summed E-state index contributed by atoms with van der Waals surface area (Å²) in [5.74, 6) is 1.00. The number of para-hydroxylation sites is 1. The number of hydrogen-bond acceptors (Lipinski definition) is 2. The number of Topliss-reactive ketones (excluding diaryl/α,β-unsaturated/α-hetero) is 1. The van der Waals surface area contributed by atoms with E-state index in [0.717, 1.165) is 16.9 Å². The van der Waals surface area contributed by atoms with Gasteiger partial charge in [0.15, 0.2) is 6.10 Å². The highest BCUT2D eigenvalue weighted by Gasteiger charge is 2.50. The van der Waals surface area contributed by atoms with E-state index in [0.29, 0.717) is 5.25 Å². The summed E-state index contributed by atoms with van der Waals surface area (Å²) < 4.78 is 6.40. The maximum atomic E-state index is 13.4. The molecule has 0 spiro atoms. The van der Waals surface area contributed by atoms with Gasteiger partial charge in [-0.05, 0) is 43.4 Å². The molecule has 0 bridgehead atoms. The van der Waals surface area contributed by atoms with Crippen molar-refractivity contribution in [3.8, 4) is 5.75 Å². The van der Waals surface area contributed by atoms with Crippen LogP contribution in [-0.2, 0) is 10.9 Å². The van der Waals surface area contributed by atoms with E-state index in [1.807, 2.05) is 42.5 Å². The number of fused-ring (bicyclic) bond motifs is 1. The fourth-order valence-electron chi connectivity index (χ4n) is 4.16. The summed E-state index contributed by atoms with van der Waals surface area (Å²) in [7, 11) is 0.0146. The predicted octanol–water partition coefficient (Wildman–Crippen LogP) is 4.95. The summed E-state index contributed by atoms with van der Waals surface area (Å²) >= 11 is 0. The van der Waals surface area contributed by atoms with Gasteiger partial charge in [-0.25, -0.2) is 0 Å². The van der Waals surface area contributed by atoms with E-state index in [-0.39, 0.29) is 28.0 Å². The van der Waals surface area contributed by atoms with Crippen LogP contribution in [0.3, 0.4) is 0 Å². The molecule has 2 aromatic carbocycles. The fraction of sp³-hybridized carbons (Fsp3) is 0.409. The lowest BCUT2D eigenvalue weighted by Crippen LogP contribution is -2.46. The molecule has 130 valence electrons. The molecule has 1 aliphatic heterocycles. The third kappa shape index (κ3) is 3.22. The Labute approximate surface area is 152 Å². The number of carbonyl (C=O) groups excluding carboxylic acids is 1. The lowest BCUT2D eigenvalue weighted by molar-refractivity contribution is 0.0864. The van der Waals surface area contributed by atoms with E-state index in [1.54, 1.807) is 0 Å². The zero-order valence-electron chi connectivity index (χ0n) is 14.7. The quantitative estimate of drug-likeness (QED) is 0.730. The summed E-state index contributed by atoms with van der Waals surface area (Å²) in [4.78, 5) is 13.4. The van der Waals surface area contributed by atoms with Crippen LogP contribution in [0.25, 0.3) is 0 Å². The SMILES string of the molecule is C[S+](C1CCCCC1)C1C(=O)c2ccccc2OC1c1ccccc1. The van der Waals surface area contributed by atoms with Crippen LogP contribution in [0.1, 0.15) is 54.1 Å². The monoisotopic (exact) mass is 353 g/mol. The Kier molecular flexibility index (Phi) is 4.85. The molecule has 2 aliphatic rings. The maximum Gasteiger partial charge on any atom is 0.222 e. The largest absolute Gasteiger partial charge is 0.479 e. The molecule has 3 unspecified atom stereocenters. The zero-order valence-corrected chi connectivity index (χ0v) is 15.5. The average Bonchev–Trinajstić information content (AvgIpc) is 2.69. The molecular formula is C22H25O2S+. The van der Waals surface area contributed by atoms with Crippen LogP contribution in [0.15, 0.2) is 54.6 Å². The van der Waals surface area contributed by atoms with E-state index in [1.165, 1.54) is 32.1 Å². The molecule has 1 saturated carbocycles. The molecule has 25 heavy (non-hydrogen) atoms. The minimum absolute atomic E-state index is 0.0146. The number of ketones is 1. The normalized spacial score (nSPS) is 25.1. The van der Waals surface area contributed by atoms with Crippen LogP contribution in [-0.4, -0.2) is 22.5 Å². The first-order chi connectivity index (χ1) is 12.3. The van der Waals surface area contributed by atoms with Crippen LogP contribution in [0.4, 0.5) is 0 Å². The van der Waals surface area contributed by atoms with Gasteiger partial charge in [0.05, 0.1) is 11.8 Å². The van der Waals surface area contributed by atoms with Crippen molar-refractivity contribution in [1.29, 1.82) is 0 Å². The lowest BCUT2D eigenvalue weighted by Gasteiger charge is -2.34. The van der Waals surface area contributed by atoms with Gasteiger partial charge >= 0.3 is 0 Å². The van der Waals surface area contributed by atoms with Gasteiger partial charge in [-0.2, -0.15) is 0 Å². The van der Waals surface area contributed by atoms with Crippen molar-refractivity contribution in [3.05, 3.63) is 65.7 Å². The second-order valence-corrected chi connectivity index (χ2v) is 9.49. The van der Waals surface area contributed by atoms with Crippen molar-refractivity contribution in [1.82, 2.24) is 0 Å². The lowest BCUT2D eigenvalue weighted by atomic mass is 9.95. The van der Waals surface area contributed by atoms with E-state index in [9.17, 15) is 4.79 Å². The van der Waals surface area contributed by atoms with Crippen molar-refractivity contribution in [2.24, 2.45) is 0 Å². The molecule has 3 atom stereocenters. The van der Waals surface area contributed by atoms with Crippen LogP contribution in [0.2, 0.25) is 0 Å². The van der Waals surface area contributed by atoms with Crippen LogP contribution in [0, 0.1) is 0 Å². The Balaban J connectivity index is 1.73. The van der Waals surface area contributed by atoms with E-state index in [4.69, 9.17) is 4.74 Å². The standard InChI is InChI=1S/C22H25O2S/c1-25(17-12-6-3-7-13-17)22-20(23)18-14-8-9-15-19(18)24-21(22)16-10-4-2-5-11-16/h2,4-5,8-11,14-15,17,21-22H,3,6-7,12-13H2,1H3/q+1. The smallest absolute Gasteiger partial charge is 0.222 e. The molecule has 0 radical (unpaired) electrons. The first-order valence-corrected chi connectivity index (χ1v) is 11.0. The molecule has 2 nitrogen and oxygen atoms in total. The zero-order chi connectivity index (χ0) is 17.2. The van der Waals surface area contributed by atoms with Crippen LogP contribution in [0.5, 0.6) is 5.75 Å². The number of rotatable bonds is 3. The van der Waals surface area contributed by atoms with Crippen molar-refractivity contribution in [2.75, 3.05) is 6.26 Å². The number of carbonyl (C=O) groups is 1. The van der Waals surface area contributed by atoms with Crippen LogP contribution >= 0.6 is 0 Å². The van der Waals surface area contributed by atoms with E-state index < -0.39 is 0 Å². The Morgan fingerprint density at radius 1 is 0.920 bits per heavy atom. The molecule has 0 saturated heterocycles. The van der Waals surface area contributed by atoms with Gasteiger partial charge in [-0.15, -0.1) is 0 Å². The van der Waals surface area contributed by atoms with Gasteiger partial charge in [0.2, 0.25) is 11.0 Å². The van der Waals surface area contributed by atoms with Crippen LogP contribution < -0.4 is 4.74 Å². The summed E-state index contributed by atoms with van der Waals surface area (Å²) in [5, 5.41) is 0.586. The number of benzene rings is 2. The third-order valence-electron chi connectivity index (χ3n) is 5.55. The summed E-state index contributed by atoms with van der Waals surface area (Å²) in [6.45, 7) is 0. The van der Waals surface area contributed by atoms with Crippen molar-refractivity contribution in [3.63, 3.8) is 0 Å². The number of ether oxygens (including phenoxy) is 1. The Bertz CT molecular complexity index is 737. The van der Waals surface area contributed by atoms with Gasteiger partial charge in [0.25, 0.3) is 0 Å². The fourth-order valence-corrected chi connectivity index (χ4v) is 6.71. The van der Waals surface area contributed by atoms with Crippen molar-refractivity contribution >= 4 is 16.7 Å². The molecule has 1 fully saturated rings. The summed E-state index contributed by atoms with van der Waals surface area (Å²) in [5.41, 5.74) is 1.88. The molecule has 4 rings (SSSR count). The first-order valence-electron chi connectivity index (χ1n) is 9.24. The second kappa shape index (κ2) is 7.25. The minimum Gasteiger partial charge on any atom is -0.479 e. The van der Waals surface area contributed by atoms with Gasteiger partial charge in [0, 0.05) is 10.9 Å². The summed E-state index contributed by atoms with van der Waals surface area (Å²) in [6, 6.07) is 18.0. The predicted molar refractivity (Wildman–Crippen MR) is 105 cm³/mol. The Hall–Kier alpha value is -1.74. The maximum absolute atomic E-state index is 13.4. The molecule has 0 aromatic heterocycles. The summed E-state index contributed by atoms with van der Waals surface area (Å²) in [6.07, 6.45) is 8.59. The minimum atomic E-state index is -0.168. The molecule has 0 N–H and O–H groups in total. The van der Waals surface area contributed by atoms with Gasteiger partial charge in [0.1, 0.15) is 11.0 Å². The Morgan fingerprint density at radius 2 is 1.60 bits per heavy atom. The third-order valence-corrected chi connectivity index (χ3v) is 8.33. The Morgan fingerprint density at radius 3 is 2.36 bits per heavy atom.